The Kier molecular flexibility index (Phi) is 5.91. The zero-order chi connectivity index (χ0) is 19.9. The fourth-order valence-corrected chi connectivity index (χ4v) is 2.31. The zero-order valence-electron chi connectivity index (χ0n) is 15.5. The Balaban J connectivity index is 1.55. The third kappa shape index (κ3) is 5.11. The van der Waals surface area contributed by atoms with Gasteiger partial charge < -0.3 is 4.74 Å². The summed E-state index contributed by atoms with van der Waals surface area (Å²) in [7, 11) is 0. The number of esters is 1. The lowest BCUT2D eigenvalue weighted by molar-refractivity contribution is 0.0734. The monoisotopic (exact) mass is 373 g/mol. The van der Waals surface area contributed by atoms with Gasteiger partial charge in [0.15, 0.2) is 0 Å². The van der Waals surface area contributed by atoms with Gasteiger partial charge in [0.1, 0.15) is 5.75 Å². The smallest absolute Gasteiger partial charge is 0.343 e. The maximum atomic E-state index is 12.1. The van der Waals surface area contributed by atoms with Gasteiger partial charge in [0.2, 0.25) is 0 Å². The summed E-state index contributed by atoms with van der Waals surface area (Å²) in [6.45, 7) is 3.80. The number of aryl methyl sites for hydroxylation is 2. The van der Waals surface area contributed by atoms with E-state index in [1.54, 1.807) is 48.5 Å². The molecule has 0 atom stereocenters. The van der Waals surface area contributed by atoms with Gasteiger partial charge in [-0.1, -0.05) is 17.7 Å². The first-order chi connectivity index (χ1) is 13.5. The molecule has 1 amide bonds. The molecule has 3 aromatic rings. The molecule has 1 N–H and O–H groups in total. The lowest BCUT2D eigenvalue weighted by Crippen LogP contribution is -2.17. The first-order valence-electron chi connectivity index (χ1n) is 8.66. The van der Waals surface area contributed by atoms with Gasteiger partial charge in [0.05, 0.1) is 17.3 Å². The summed E-state index contributed by atoms with van der Waals surface area (Å²) >= 11 is 0. The van der Waals surface area contributed by atoms with Crippen molar-refractivity contribution in [2.45, 2.75) is 13.8 Å². The molecule has 2 aromatic carbocycles. The topological polar surface area (TPSA) is 80.6 Å². The van der Waals surface area contributed by atoms with Crippen LogP contribution in [-0.2, 0) is 0 Å². The number of amides is 1. The number of carbonyl (C=O) groups is 2. The molecule has 6 heteroatoms. The molecule has 0 aliphatic carbocycles. The highest BCUT2D eigenvalue weighted by atomic mass is 16.5. The van der Waals surface area contributed by atoms with Crippen molar-refractivity contribution >= 4 is 18.1 Å². The quantitative estimate of drug-likeness (QED) is 0.320. The Labute approximate surface area is 162 Å². The fraction of sp³-hybridized carbons (Fsp3) is 0.0909. The number of benzene rings is 2. The van der Waals surface area contributed by atoms with Crippen LogP contribution in [0, 0.1) is 13.8 Å². The van der Waals surface area contributed by atoms with E-state index in [9.17, 15) is 9.59 Å². The molecule has 0 saturated carbocycles. The van der Waals surface area contributed by atoms with E-state index in [0.29, 0.717) is 16.9 Å². The Hall–Kier alpha value is -3.80. The summed E-state index contributed by atoms with van der Waals surface area (Å²) in [4.78, 5) is 28.1. The molecule has 0 unspecified atom stereocenters. The van der Waals surface area contributed by atoms with Crippen molar-refractivity contribution in [3.63, 3.8) is 0 Å². The van der Waals surface area contributed by atoms with E-state index in [1.807, 2.05) is 26.0 Å². The second-order valence-electron chi connectivity index (χ2n) is 6.21. The van der Waals surface area contributed by atoms with E-state index < -0.39 is 5.97 Å². The highest BCUT2D eigenvalue weighted by Gasteiger charge is 2.08. The van der Waals surface area contributed by atoms with Crippen LogP contribution in [0.3, 0.4) is 0 Å². The fourth-order valence-electron chi connectivity index (χ4n) is 2.31. The molecule has 6 nitrogen and oxygen atoms in total. The van der Waals surface area contributed by atoms with Crippen molar-refractivity contribution in [2.24, 2.45) is 5.10 Å². The zero-order valence-corrected chi connectivity index (χ0v) is 15.5. The van der Waals surface area contributed by atoms with Crippen LogP contribution in [0.2, 0.25) is 0 Å². The first-order valence-corrected chi connectivity index (χ1v) is 8.66. The molecule has 0 aliphatic rings. The first kappa shape index (κ1) is 19.0. The van der Waals surface area contributed by atoms with E-state index >= 15 is 0 Å². The molecule has 1 aromatic heterocycles. The second kappa shape index (κ2) is 8.73. The Morgan fingerprint density at radius 1 is 0.929 bits per heavy atom. The average Bonchev–Trinajstić information content (AvgIpc) is 2.70. The van der Waals surface area contributed by atoms with Crippen molar-refractivity contribution in [3.8, 4) is 5.75 Å². The molecular formula is C22H19N3O3. The summed E-state index contributed by atoms with van der Waals surface area (Å²) in [5.74, 6) is -0.328. The van der Waals surface area contributed by atoms with Crippen LogP contribution in [-0.4, -0.2) is 23.1 Å². The van der Waals surface area contributed by atoms with E-state index in [-0.39, 0.29) is 5.91 Å². The number of aromatic nitrogens is 1. The molecule has 0 fully saturated rings. The van der Waals surface area contributed by atoms with Crippen molar-refractivity contribution in [2.75, 3.05) is 0 Å². The van der Waals surface area contributed by atoms with Crippen LogP contribution < -0.4 is 10.2 Å². The lowest BCUT2D eigenvalue weighted by Gasteiger charge is -2.05. The van der Waals surface area contributed by atoms with Crippen molar-refractivity contribution < 1.29 is 14.3 Å². The maximum Gasteiger partial charge on any atom is 0.343 e. The summed E-state index contributed by atoms with van der Waals surface area (Å²) in [5, 5.41) is 3.93. The average molecular weight is 373 g/mol. The number of nitrogens with zero attached hydrogens (tertiary/aromatic N) is 2. The molecule has 28 heavy (non-hydrogen) atoms. The highest BCUT2D eigenvalue weighted by molar-refractivity contribution is 5.94. The predicted octanol–water partition coefficient (Wildman–Crippen LogP) is 3.68. The number of hydrogen-bond acceptors (Lipinski definition) is 5. The third-order valence-electron chi connectivity index (χ3n) is 3.93. The molecule has 0 saturated heterocycles. The van der Waals surface area contributed by atoms with Gasteiger partial charge in [-0.25, -0.2) is 10.2 Å². The second-order valence-corrected chi connectivity index (χ2v) is 6.21. The maximum absolute atomic E-state index is 12.1. The normalized spacial score (nSPS) is 10.6. The predicted molar refractivity (Wildman–Crippen MR) is 107 cm³/mol. The van der Waals surface area contributed by atoms with Gasteiger partial charge in [-0.2, -0.15) is 5.10 Å². The van der Waals surface area contributed by atoms with Crippen LogP contribution in [0.25, 0.3) is 0 Å². The number of nitrogens with one attached hydrogen (secondary N) is 1. The Morgan fingerprint density at radius 3 is 2.25 bits per heavy atom. The standard InChI is InChI=1S/C22H19N3O3/c1-15-3-8-18(9-4-15)22(27)28-20-11-6-17(7-12-20)13-24-25-21(26)19-10-5-16(2)23-14-19/h3-14H,1-2H3,(H,25,26)/b24-13+. The Bertz CT molecular complexity index is 993. The van der Waals surface area contributed by atoms with Crippen LogP contribution in [0.15, 0.2) is 72.0 Å². The number of ether oxygens (including phenoxy) is 1. The van der Waals surface area contributed by atoms with Crippen molar-refractivity contribution in [1.29, 1.82) is 0 Å². The van der Waals surface area contributed by atoms with Gasteiger partial charge >= 0.3 is 5.97 Å². The van der Waals surface area contributed by atoms with E-state index in [0.717, 1.165) is 16.8 Å². The number of rotatable bonds is 5. The van der Waals surface area contributed by atoms with Gasteiger partial charge in [-0.05, 0) is 67.9 Å². The minimum absolute atomic E-state index is 0.340. The molecular weight excluding hydrogens is 354 g/mol. The minimum Gasteiger partial charge on any atom is -0.423 e. The summed E-state index contributed by atoms with van der Waals surface area (Å²) in [6.07, 6.45) is 3.00. The van der Waals surface area contributed by atoms with Gasteiger partial charge in [0, 0.05) is 11.9 Å². The van der Waals surface area contributed by atoms with Crippen LogP contribution in [0.1, 0.15) is 37.5 Å². The molecule has 3 rings (SSSR count). The van der Waals surface area contributed by atoms with Crippen molar-refractivity contribution in [1.82, 2.24) is 10.4 Å². The lowest BCUT2D eigenvalue weighted by atomic mass is 10.1. The van der Waals surface area contributed by atoms with E-state index in [1.165, 1.54) is 12.4 Å². The Morgan fingerprint density at radius 2 is 1.61 bits per heavy atom. The van der Waals surface area contributed by atoms with E-state index in [4.69, 9.17) is 4.74 Å². The van der Waals surface area contributed by atoms with Gasteiger partial charge in [-0.3, -0.25) is 9.78 Å². The van der Waals surface area contributed by atoms with Crippen LogP contribution in [0.5, 0.6) is 5.75 Å². The summed E-state index contributed by atoms with van der Waals surface area (Å²) < 4.78 is 5.35. The summed E-state index contributed by atoms with van der Waals surface area (Å²) in [5.41, 5.74) is 6.03. The SMILES string of the molecule is Cc1ccc(C(=O)Oc2ccc(/C=N/NC(=O)c3ccc(C)nc3)cc2)cc1. The number of carbonyl (C=O) groups excluding carboxylic acids is 2. The number of pyridine rings is 1. The third-order valence-corrected chi connectivity index (χ3v) is 3.93. The molecule has 0 bridgehead atoms. The number of hydrogen-bond donors (Lipinski definition) is 1. The summed E-state index contributed by atoms with van der Waals surface area (Å²) in [6, 6.07) is 17.4. The van der Waals surface area contributed by atoms with Crippen molar-refractivity contribution in [3.05, 3.63) is 94.8 Å². The largest absolute Gasteiger partial charge is 0.423 e. The van der Waals surface area contributed by atoms with E-state index in [2.05, 4.69) is 15.5 Å². The molecule has 140 valence electrons. The molecule has 0 aliphatic heterocycles. The minimum atomic E-state index is -0.416. The molecule has 0 radical (unpaired) electrons. The highest BCUT2D eigenvalue weighted by Crippen LogP contribution is 2.14. The molecule has 0 spiro atoms. The van der Waals surface area contributed by atoms with Gasteiger partial charge in [-0.15, -0.1) is 0 Å². The number of hydrazone groups is 1. The van der Waals surface area contributed by atoms with Crippen LogP contribution in [0.4, 0.5) is 0 Å². The van der Waals surface area contributed by atoms with Gasteiger partial charge in [0.25, 0.3) is 5.91 Å². The van der Waals surface area contributed by atoms with Crippen LogP contribution >= 0.6 is 0 Å². The molecule has 1 heterocycles.